The Morgan fingerprint density at radius 3 is 1.56 bits per heavy atom. The van der Waals surface area contributed by atoms with Crippen molar-refractivity contribution in [1.29, 1.82) is 0 Å². The molecule has 25 heavy (non-hydrogen) atoms. The van der Waals surface area contributed by atoms with Crippen molar-refractivity contribution in [3.63, 3.8) is 0 Å². The summed E-state index contributed by atoms with van der Waals surface area (Å²) >= 11 is 5.88. The van der Waals surface area contributed by atoms with E-state index in [1.165, 1.54) is 50.3 Å². The van der Waals surface area contributed by atoms with Gasteiger partial charge in [0.15, 0.2) is 11.5 Å². The lowest BCUT2D eigenvalue weighted by molar-refractivity contribution is 0.256. The molecule has 2 rings (SSSR count). The highest BCUT2D eigenvalue weighted by Gasteiger charge is 2.22. The van der Waals surface area contributed by atoms with Gasteiger partial charge in [-0.15, -0.1) is 0 Å². The predicted octanol–water partition coefficient (Wildman–Crippen LogP) is 6.82. The van der Waals surface area contributed by atoms with Crippen LogP contribution < -0.4 is 9.47 Å². The van der Waals surface area contributed by atoms with Crippen LogP contribution in [-0.2, 0) is 0 Å². The fourth-order valence-corrected chi connectivity index (χ4v) is 5.00. The number of nitrogens with zero attached hydrogens (tertiary/aromatic N) is 2. The lowest BCUT2D eigenvalue weighted by Gasteiger charge is -2.16. The number of aromatic nitrogens is 2. The first kappa shape index (κ1) is 21.4. The summed E-state index contributed by atoms with van der Waals surface area (Å²) in [5, 5.41) is 0. The van der Waals surface area contributed by atoms with Crippen molar-refractivity contribution in [2.45, 2.75) is 65.2 Å². The van der Waals surface area contributed by atoms with Crippen molar-refractivity contribution >= 4 is 67.9 Å². The molecule has 0 aliphatic carbocycles. The van der Waals surface area contributed by atoms with Gasteiger partial charge < -0.3 is 9.47 Å². The molecule has 1 aromatic heterocycles. The Bertz CT molecular complexity index is 610. The third-order valence-corrected chi connectivity index (χ3v) is 6.53. The molecule has 140 valence electrons. The topological polar surface area (TPSA) is 44.2 Å². The van der Waals surface area contributed by atoms with Crippen LogP contribution >= 0.6 is 56.9 Å². The number of hydrogen-bond donors (Lipinski definition) is 0. The van der Waals surface area contributed by atoms with E-state index in [1.54, 1.807) is 0 Å². The average Bonchev–Trinajstić information content (AvgIpc) is 3.10. The molecule has 7 heteroatoms. The average molecular weight is 588 g/mol. The SMILES string of the molecule is CCCCCCOc1c(OCCCCCC)c(I)c2nsnc2c1I. The van der Waals surface area contributed by atoms with Crippen molar-refractivity contribution in [2.24, 2.45) is 0 Å². The minimum absolute atomic E-state index is 0.724. The van der Waals surface area contributed by atoms with Crippen molar-refractivity contribution in [1.82, 2.24) is 8.75 Å². The molecule has 0 amide bonds. The normalized spacial score (nSPS) is 11.2. The minimum atomic E-state index is 0.724. The zero-order valence-electron chi connectivity index (χ0n) is 14.9. The van der Waals surface area contributed by atoms with Crippen molar-refractivity contribution < 1.29 is 9.47 Å². The van der Waals surface area contributed by atoms with Gasteiger partial charge in [-0.3, -0.25) is 0 Å². The molecule has 0 fully saturated rings. The van der Waals surface area contributed by atoms with Crippen LogP contribution in [0.2, 0.25) is 0 Å². The molecule has 0 atom stereocenters. The fourth-order valence-electron chi connectivity index (χ4n) is 2.55. The summed E-state index contributed by atoms with van der Waals surface area (Å²) in [5.41, 5.74) is 1.86. The summed E-state index contributed by atoms with van der Waals surface area (Å²) in [6.07, 6.45) is 9.54. The molecule has 0 saturated carbocycles. The Balaban J connectivity index is 2.13. The van der Waals surface area contributed by atoms with Crippen LogP contribution in [0.3, 0.4) is 0 Å². The molecule has 0 aliphatic heterocycles. The summed E-state index contributed by atoms with van der Waals surface area (Å²) in [4.78, 5) is 0. The number of halogens is 2. The van der Waals surface area contributed by atoms with E-state index in [1.807, 2.05) is 0 Å². The van der Waals surface area contributed by atoms with Crippen LogP contribution in [0.25, 0.3) is 11.0 Å². The number of benzene rings is 1. The molecule has 0 spiro atoms. The lowest BCUT2D eigenvalue weighted by Crippen LogP contribution is -2.06. The maximum atomic E-state index is 6.15. The van der Waals surface area contributed by atoms with Crippen LogP contribution in [0.15, 0.2) is 0 Å². The summed E-state index contributed by atoms with van der Waals surface area (Å²) in [5.74, 6) is 1.69. The van der Waals surface area contributed by atoms with E-state index in [0.717, 1.165) is 55.7 Å². The number of ether oxygens (including phenoxy) is 2. The maximum Gasteiger partial charge on any atom is 0.177 e. The lowest BCUT2D eigenvalue weighted by atomic mass is 10.2. The van der Waals surface area contributed by atoms with Gasteiger partial charge in [0.1, 0.15) is 11.0 Å². The highest BCUT2D eigenvalue weighted by atomic mass is 127. The zero-order valence-corrected chi connectivity index (χ0v) is 20.1. The molecule has 1 heterocycles. The van der Waals surface area contributed by atoms with E-state index in [0.29, 0.717) is 0 Å². The van der Waals surface area contributed by atoms with Crippen LogP contribution in [0, 0.1) is 7.14 Å². The molecule has 0 unspecified atom stereocenters. The second-order valence-corrected chi connectivity index (χ2v) is 8.75. The first-order valence-corrected chi connectivity index (χ1v) is 12.0. The van der Waals surface area contributed by atoms with E-state index in [9.17, 15) is 0 Å². The van der Waals surface area contributed by atoms with Gasteiger partial charge in [-0.1, -0.05) is 52.4 Å². The second kappa shape index (κ2) is 11.7. The largest absolute Gasteiger partial charge is 0.488 e. The van der Waals surface area contributed by atoms with Crippen LogP contribution in [-0.4, -0.2) is 22.0 Å². The van der Waals surface area contributed by atoms with E-state index >= 15 is 0 Å². The van der Waals surface area contributed by atoms with E-state index < -0.39 is 0 Å². The molecule has 2 aromatic rings. The number of unbranched alkanes of at least 4 members (excludes halogenated alkanes) is 6. The van der Waals surface area contributed by atoms with Gasteiger partial charge in [0.2, 0.25) is 0 Å². The standard InChI is InChI=1S/C18H26I2N2O2S/c1-3-5-7-9-11-23-17-13(19)15-16(22-25-21-15)14(20)18(17)24-12-10-8-6-4-2/h3-12H2,1-2H3. The summed E-state index contributed by atoms with van der Waals surface area (Å²) in [7, 11) is 0. The Hall–Kier alpha value is 0.1000. The Morgan fingerprint density at radius 2 is 1.16 bits per heavy atom. The minimum Gasteiger partial charge on any atom is -0.488 e. The molecule has 0 aliphatic rings. The summed E-state index contributed by atoms with van der Waals surface area (Å²) < 4.78 is 23.2. The Labute approximate surface area is 182 Å². The molecule has 0 saturated heterocycles. The monoisotopic (exact) mass is 588 g/mol. The van der Waals surface area contributed by atoms with Crippen LogP contribution in [0.1, 0.15) is 65.2 Å². The first-order valence-electron chi connectivity index (χ1n) is 9.09. The first-order chi connectivity index (χ1) is 12.2. The van der Waals surface area contributed by atoms with Crippen molar-refractivity contribution in [2.75, 3.05) is 13.2 Å². The van der Waals surface area contributed by atoms with Gasteiger partial charge in [0.05, 0.1) is 32.1 Å². The second-order valence-electron chi connectivity index (χ2n) is 6.07. The van der Waals surface area contributed by atoms with Crippen LogP contribution in [0.4, 0.5) is 0 Å². The molecule has 0 N–H and O–H groups in total. The third kappa shape index (κ3) is 6.05. The van der Waals surface area contributed by atoms with Crippen LogP contribution in [0.5, 0.6) is 11.5 Å². The number of fused-ring (bicyclic) bond motifs is 1. The van der Waals surface area contributed by atoms with E-state index in [2.05, 4.69) is 67.8 Å². The summed E-state index contributed by atoms with van der Waals surface area (Å²) in [6.45, 7) is 5.89. The predicted molar refractivity (Wildman–Crippen MR) is 122 cm³/mol. The highest BCUT2D eigenvalue weighted by molar-refractivity contribution is 14.1. The van der Waals surface area contributed by atoms with Gasteiger partial charge in [-0.25, -0.2) is 0 Å². The Morgan fingerprint density at radius 1 is 0.720 bits per heavy atom. The van der Waals surface area contributed by atoms with E-state index in [4.69, 9.17) is 9.47 Å². The van der Waals surface area contributed by atoms with Crippen molar-refractivity contribution in [3.8, 4) is 11.5 Å². The summed E-state index contributed by atoms with van der Waals surface area (Å²) in [6, 6.07) is 0. The molecule has 4 nitrogen and oxygen atoms in total. The maximum absolute atomic E-state index is 6.15. The van der Waals surface area contributed by atoms with Gasteiger partial charge in [-0.05, 0) is 58.0 Å². The molecular weight excluding hydrogens is 562 g/mol. The molecular formula is C18H26I2N2O2S. The van der Waals surface area contributed by atoms with Crippen molar-refractivity contribution in [3.05, 3.63) is 7.14 Å². The number of rotatable bonds is 12. The van der Waals surface area contributed by atoms with Gasteiger partial charge >= 0.3 is 0 Å². The van der Waals surface area contributed by atoms with E-state index in [-0.39, 0.29) is 0 Å². The molecule has 1 aromatic carbocycles. The quantitative estimate of drug-likeness (QED) is 0.202. The molecule has 0 bridgehead atoms. The Kier molecular flexibility index (Phi) is 10.0. The third-order valence-electron chi connectivity index (χ3n) is 4.00. The zero-order chi connectivity index (χ0) is 18.1. The number of hydrogen-bond acceptors (Lipinski definition) is 5. The van der Waals surface area contributed by atoms with Gasteiger partial charge in [-0.2, -0.15) is 8.75 Å². The van der Waals surface area contributed by atoms with Gasteiger partial charge in [0, 0.05) is 0 Å². The molecule has 0 radical (unpaired) electrons. The van der Waals surface area contributed by atoms with Gasteiger partial charge in [0.25, 0.3) is 0 Å². The highest BCUT2D eigenvalue weighted by Crippen LogP contribution is 2.42. The fraction of sp³-hybridized carbons (Fsp3) is 0.667. The smallest absolute Gasteiger partial charge is 0.177 e.